The number of carboxylic acids is 2. The standard InChI is InChI=1S/C22H25N5O6/c1-27-14(11-15-18(27)25-22(23)26-20(15)31)4-2-3-12-5-7-13(8-6-12)19(30)24-16(21(32)33)9-10-17(28)29/h5-8,11,16H,2-4,9-10H2,1H3,(H,24,30)(H,28,29)(H,32,33)(H3,23,25,26,31)/t16-/m0/s1. The summed E-state index contributed by atoms with van der Waals surface area (Å²) in [6.07, 6.45) is 1.67. The number of aryl methyl sites for hydroxylation is 3. The van der Waals surface area contributed by atoms with Crippen LogP contribution in [-0.2, 0) is 29.5 Å². The fourth-order valence-electron chi connectivity index (χ4n) is 3.58. The van der Waals surface area contributed by atoms with Crippen molar-refractivity contribution >= 4 is 34.8 Å². The Balaban J connectivity index is 1.58. The predicted octanol–water partition coefficient (Wildman–Crippen LogP) is 1.07. The SMILES string of the molecule is Cn1c(CCCc2ccc(C(=O)N[C@@H](CCC(=O)O)C(=O)O)cc2)cc2c(=O)[nH]c(N)nc21. The molecule has 0 aliphatic heterocycles. The highest BCUT2D eigenvalue weighted by atomic mass is 16.4. The second-order valence-electron chi connectivity index (χ2n) is 7.73. The van der Waals surface area contributed by atoms with Gasteiger partial charge in [-0.1, -0.05) is 12.1 Å². The number of carbonyl (C=O) groups excluding carboxylic acids is 1. The normalized spacial score (nSPS) is 11.9. The number of nitrogen functional groups attached to an aromatic ring is 1. The lowest BCUT2D eigenvalue weighted by molar-refractivity contribution is -0.140. The molecule has 0 saturated heterocycles. The average molecular weight is 455 g/mol. The van der Waals surface area contributed by atoms with Crippen LogP contribution in [0.1, 0.15) is 40.9 Å². The minimum atomic E-state index is -1.28. The van der Waals surface area contributed by atoms with E-state index in [0.717, 1.165) is 24.1 Å². The highest BCUT2D eigenvalue weighted by molar-refractivity contribution is 5.96. The Hall–Kier alpha value is -4.15. The molecule has 1 atom stereocenters. The number of fused-ring (bicyclic) bond motifs is 1. The Morgan fingerprint density at radius 3 is 2.52 bits per heavy atom. The zero-order valence-electron chi connectivity index (χ0n) is 18.0. The molecule has 174 valence electrons. The summed E-state index contributed by atoms with van der Waals surface area (Å²) < 4.78 is 1.84. The molecule has 0 aliphatic rings. The van der Waals surface area contributed by atoms with Crippen molar-refractivity contribution in [1.29, 1.82) is 0 Å². The van der Waals surface area contributed by atoms with Crippen LogP contribution >= 0.6 is 0 Å². The van der Waals surface area contributed by atoms with Gasteiger partial charge in [-0.2, -0.15) is 4.98 Å². The van der Waals surface area contributed by atoms with E-state index < -0.39 is 23.9 Å². The number of aliphatic carboxylic acids is 2. The zero-order valence-corrected chi connectivity index (χ0v) is 18.0. The van der Waals surface area contributed by atoms with E-state index in [9.17, 15) is 24.3 Å². The fraction of sp³-hybridized carbons (Fsp3) is 0.318. The van der Waals surface area contributed by atoms with E-state index >= 15 is 0 Å². The molecule has 1 aromatic carbocycles. The molecule has 0 bridgehead atoms. The highest BCUT2D eigenvalue weighted by Crippen LogP contribution is 2.17. The number of aromatic amines is 1. The number of amides is 1. The smallest absolute Gasteiger partial charge is 0.326 e. The van der Waals surface area contributed by atoms with Crippen molar-refractivity contribution in [1.82, 2.24) is 19.9 Å². The molecule has 0 unspecified atom stereocenters. The largest absolute Gasteiger partial charge is 0.481 e. The van der Waals surface area contributed by atoms with Crippen LogP contribution in [0.15, 0.2) is 35.1 Å². The van der Waals surface area contributed by atoms with E-state index in [-0.39, 0.29) is 29.9 Å². The maximum absolute atomic E-state index is 12.3. The van der Waals surface area contributed by atoms with Gasteiger partial charge in [0.1, 0.15) is 11.7 Å². The first-order valence-corrected chi connectivity index (χ1v) is 10.3. The van der Waals surface area contributed by atoms with E-state index in [2.05, 4.69) is 15.3 Å². The molecule has 2 aromatic heterocycles. The third-order valence-corrected chi connectivity index (χ3v) is 5.38. The van der Waals surface area contributed by atoms with Crippen molar-refractivity contribution < 1.29 is 24.6 Å². The van der Waals surface area contributed by atoms with Crippen molar-refractivity contribution in [3.05, 3.63) is 57.5 Å². The summed E-state index contributed by atoms with van der Waals surface area (Å²) in [4.78, 5) is 52.9. The molecule has 3 aromatic rings. The van der Waals surface area contributed by atoms with Crippen LogP contribution in [0.4, 0.5) is 5.95 Å². The summed E-state index contributed by atoms with van der Waals surface area (Å²) in [5, 5.41) is 20.7. The summed E-state index contributed by atoms with van der Waals surface area (Å²) in [5.41, 5.74) is 8.11. The van der Waals surface area contributed by atoms with Gasteiger partial charge in [-0.3, -0.25) is 19.4 Å². The van der Waals surface area contributed by atoms with Crippen molar-refractivity contribution in [2.45, 2.75) is 38.1 Å². The number of hydrogen-bond acceptors (Lipinski definition) is 6. The summed E-state index contributed by atoms with van der Waals surface area (Å²) in [6, 6.07) is 7.31. The second kappa shape index (κ2) is 9.98. The number of benzene rings is 1. The molecule has 6 N–H and O–H groups in total. The molecule has 33 heavy (non-hydrogen) atoms. The second-order valence-corrected chi connectivity index (χ2v) is 7.73. The van der Waals surface area contributed by atoms with Gasteiger partial charge >= 0.3 is 11.9 Å². The lowest BCUT2D eigenvalue weighted by Crippen LogP contribution is -2.41. The number of nitrogens with one attached hydrogen (secondary N) is 2. The molecule has 0 aliphatic carbocycles. The predicted molar refractivity (Wildman–Crippen MR) is 120 cm³/mol. The summed E-state index contributed by atoms with van der Waals surface area (Å²) in [6.45, 7) is 0. The Morgan fingerprint density at radius 2 is 1.88 bits per heavy atom. The van der Waals surface area contributed by atoms with Crippen LogP contribution in [-0.4, -0.2) is 48.6 Å². The maximum Gasteiger partial charge on any atom is 0.326 e. The number of carboxylic acid groups (broad SMARTS) is 2. The van der Waals surface area contributed by atoms with E-state index in [1.54, 1.807) is 30.3 Å². The first-order valence-electron chi connectivity index (χ1n) is 10.3. The minimum Gasteiger partial charge on any atom is -0.481 e. The third-order valence-electron chi connectivity index (χ3n) is 5.38. The number of nitrogens with zero attached hydrogens (tertiary/aromatic N) is 2. The summed E-state index contributed by atoms with van der Waals surface area (Å²) in [7, 11) is 1.83. The minimum absolute atomic E-state index is 0.0703. The number of hydrogen-bond donors (Lipinski definition) is 5. The summed E-state index contributed by atoms with van der Waals surface area (Å²) in [5.74, 6) is -2.92. The van der Waals surface area contributed by atoms with Crippen LogP contribution in [0.3, 0.4) is 0 Å². The Morgan fingerprint density at radius 1 is 1.18 bits per heavy atom. The van der Waals surface area contributed by atoms with Gasteiger partial charge in [-0.15, -0.1) is 0 Å². The zero-order chi connectivity index (χ0) is 24.1. The van der Waals surface area contributed by atoms with Crippen molar-refractivity contribution in [3.63, 3.8) is 0 Å². The van der Waals surface area contributed by atoms with E-state index in [1.807, 2.05) is 11.6 Å². The molecule has 2 heterocycles. The van der Waals surface area contributed by atoms with Gasteiger partial charge < -0.3 is 25.8 Å². The molecular weight excluding hydrogens is 430 g/mol. The van der Waals surface area contributed by atoms with E-state index in [1.165, 1.54) is 0 Å². The quantitative estimate of drug-likeness (QED) is 0.301. The number of H-pyrrole nitrogens is 1. The number of rotatable bonds is 10. The highest BCUT2D eigenvalue weighted by Gasteiger charge is 2.21. The van der Waals surface area contributed by atoms with Gasteiger partial charge in [0, 0.05) is 24.7 Å². The van der Waals surface area contributed by atoms with Crippen molar-refractivity contribution in [2.75, 3.05) is 5.73 Å². The first-order chi connectivity index (χ1) is 15.7. The van der Waals surface area contributed by atoms with Gasteiger partial charge in [0.15, 0.2) is 0 Å². The van der Waals surface area contributed by atoms with Crippen LogP contribution < -0.4 is 16.6 Å². The van der Waals surface area contributed by atoms with Crippen molar-refractivity contribution in [3.8, 4) is 0 Å². The Kier molecular flexibility index (Phi) is 7.11. The molecule has 3 rings (SSSR count). The molecule has 11 nitrogen and oxygen atoms in total. The van der Waals surface area contributed by atoms with Gasteiger partial charge in [-0.25, -0.2) is 4.79 Å². The van der Waals surface area contributed by atoms with Crippen LogP contribution in [0.25, 0.3) is 11.0 Å². The van der Waals surface area contributed by atoms with Gasteiger partial charge in [0.25, 0.3) is 11.5 Å². The number of aromatic nitrogens is 3. The van der Waals surface area contributed by atoms with Crippen LogP contribution in [0, 0.1) is 0 Å². The number of nitrogens with two attached hydrogens (primary N) is 1. The first kappa shape index (κ1) is 23.5. The summed E-state index contributed by atoms with van der Waals surface area (Å²) >= 11 is 0. The molecule has 0 radical (unpaired) electrons. The van der Waals surface area contributed by atoms with Gasteiger partial charge in [0.2, 0.25) is 5.95 Å². The van der Waals surface area contributed by atoms with E-state index in [0.29, 0.717) is 17.5 Å². The lowest BCUT2D eigenvalue weighted by atomic mass is 10.0. The van der Waals surface area contributed by atoms with Gasteiger partial charge in [0.05, 0.1) is 5.39 Å². The molecule has 0 spiro atoms. The maximum atomic E-state index is 12.3. The van der Waals surface area contributed by atoms with Crippen molar-refractivity contribution in [2.24, 2.45) is 7.05 Å². The third kappa shape index (κ3) is 5.76. The number of carbonyl (C=O) groups is 3. The molecule has 1 amide bonds. The van der Waals surface area contributed by atoms with E-state index in [4.69, 9.17) is 10.8 Å². The topological polar surface area (TPSA) is 180 Å². The van der Waals surface area contributed by atoms with Crippen LogP contribution in [0.2, 0.25) is 0 Å². The average Bonchev–Trinajstić information content (AvgIpc) is 3.07. The molecular formula is C22H25N5O6. The molecule has 0 saturated carbocycles. The fourth-order valence-corrected chi connectivity index (χ4v) is 3.58. The monoisotopic (exact) mass is 455 g/mol. The Bertz CT molecular complexity index is 1240. The molecule has 11 heteroatoms. The molecule has 0 fully saturated rings. The van der Waals surface area contributed by atoms with Gasteiger partial charge in [-0.05, 0) is 49.4 Å². The Labute approximate surface area is 188 Å². The van der Waals surface area contributed by atoms with Crippen LogP contribution in [0.5, 0.6) is 0 Å². The lowest BCUT2D eigenvalue weighted by Gasteiger charge is -2.13. The number of anilines is 1.